The number of aryl methyl sites for hydroxylation is 1. The summed E-state index contributed by atoms with van der Waals surface area (Å²) >= 11 is 4.94. The molecule has 27 heavy (non-hydrogen) atoms. The van der Waals surface area contributed by atoms with Gasteiger partial charge in [-0.05, 0) is 48.4 Å². The van der Waals surface area contributed by atoms with Crippen LogP contribution in [0.25, 0.3) is 6.08 Å². The van der Waals surface area contributed by atoms with Gasteiger partial charge in [0.25, 0.3) is 5.91 Å². The number of nitrogens with one attached hydrogen (secondary N) is 2. The number of ether oxygens (including phenoxy) is 3. The third kappa shape index (κ3) is 3.72. The summed E-state index contributed by atoms with van der Waals surface area (Å²) in [5, 5.41) is 6.25. The van der Waals surface area contributed by atoms with Crippen molar-refractivity contribution >= 4 is 45.4 Å². The number of carbonyl (C=O) groups excluding carboxylic acids is 1. The van der Waals surface area contributed by atoms with Crippen molar-refractivity contribution in [1.29, 1.82) is 0 Å². The maximum absolute atomic E-state index is 12.4. The van der Waals surface area contributed by atoms with Gasteiger partial charge >= 0.3 is 0 Å². The van der Waals surface area contributed by atoms with Gasteiger partial charge in [0.2, 0.25) is 6.79 Å². The molecule has 4 rings (SSSR count). The lowest BCUT2D eigenvalue weighted by molar-refractivity contribution is -0.116. The summed E-state index contributed by atoms with van der Waals surface area (Å²) in [7, 11) is 1.62. The molecule has 0 radical (unpaired) electrons. The molecule has 6 nitrogen and oxygen atoms in total. The molecule has 2 heterocycles. The minimum absolute atomic E-state index is 0.131. The fourth-order valence-electron chi connectivity index (χ4n) is 2.83. The molecule has 0 aromatic heterocycles. The second-order valence-electron chi connectivity index (χ2n) is 6.05. The van der Waals surface area contributed by atoms with Crippen molar-refractivity contribution in [3.05, 3.63) is 50.8 Å². The highest BCUT2D eigenvalue weighted by atomic mass is 79.9. The predicted molar refractivity (Wildman–Crippen MR) is 109 cm³/mol. The monoisotopic (exact) mass is 448 g/mol. The Morgan fingerprint density at radius 2 is 2.07 bits per heavy atom. The third-order valence-corrected chi connectivity index (χ3v) is 5.87. The molecule has 2 aliphatic heterocycles. The summed E-state index contributed by atoms with van der Waals surface area (Å²) in [5.74, 6) is 1.96. The van der Waals surface area contributed by atoms with E-state index >= 15 is 0 Å². The summed E-state index contributed by atoms with van der Waals surface area (Å²) < 4.78 is 17.0. The number of amides is 1. The number of fused-ring (bicyclic) bond motifs is 1. The maximum atomic E-state index is 12.4. The molecule has 0 bridgehead atoms. The Bertz CT molecular complexity index is 948. The van der Waals surface area contributed by atoms with E-state index in [2.05, 4.69) is 26.6 Å². The van der Waals surface area contributed by atoms with E-state index < -0.39 is 0 Å². The molecule has 1 atom stereocenters. The zero-order valence-corrected chi connectivity index (χ0v) is 17.1. The van der Waals surface area contributed by atoms with Crippen LogP contribution in [0, 0.1) is 6.92 Å². The minimum Gasteiger partial charge on any atom is -0.495 e. The lowest BCUT2D eigenvalue weighted by atomic mass is 10.2. The van der Waals surface area contributed by atoms with Crippen LogP contribution in [0.3, 0.4) is 0 Å². The number of hydrogen-bond donors (Lipinski definition) is 2. The van der Waals surface area contributed by atoms with Crippen molar-refractivity contribution in [3.8, 4) is 17.2 Å². The molecule has 8 heteroatoms. The molecule has 2 aromatic rings. The van der Waals surface area contributed by atoms with E-state index in [1.54, 1.807) is 7.11 Å². The lowest BCUT2D eigenvalue weighted by Crippen LogP contribution is -2.31. The zero-order valence-electron chi connectivity index (χ0n) is 14.7. The molecular formula is C19H17BrN2O4S. The van der Waals surface area contributed by atoms with E-state index in [1.807, 2.05) is 43.3 Å². The molecule has 2 aliphatic rings. The molecule has 1 saturated heterocycles. The number of rotatable bonds is 4. The van der Waals surface area contributed by atoms with Crippen molar-refractivity contribution in [1.82, 2.24) is 5.32 Å². The number of halogens is 1. The quantitative estimate of drug-likeness (QED) is 0.686. The van der Waals surface area contributed by atoms with Gasteiger partial charge in [-0.2, -0.15) is 0 Å². The van der Waals surface area contributed by atoms with Gasteiger partial charge in [0, 0.05) is 4.47 Å². The standard InChI is InChI=1S/C19H17BrN2O4S/c1-10-3-4-14(24-2)13(5-10)21-19-22-18(23)17(27-19)7-11-6-15-16(8-12(11)20)26-9-25-15/h3-8,19,21H,9H2,1-2H3,(H,22,23)/b17-7-. The van der Waals surface area contributed by atoms with Crippen LogP contribution in [0.5, 0.6) is 17.2 Å². The molecule has 1 fully saturated rings. The van der Waals surface area contributed by atoms with Crippen LogP contribution in [-0.4, -0.2) is 25.3 Å². The highest BCUT2D eigenvalue weighted by Gasteiger charge is 2.28. The number of carbonyl (C=O) groups is 1. The van der Waals surface area contributed by atoms with E-state index in [0.29, 0.717) is 16.4 Å². The molecule has 1 unspecified atom stereocenters. The van der Waals surface area contributed by atoms with Crippen molar-refractivity contribution < 1.29 is 19.0 Å². The van der Waals surface area contributed by atoms with Gasteiger partial charge in [0.1, 0.15) is 5.75 Å². The lowest BCUT2D eigenvalue weighted by Gasteiger charge is -2.16. The summed E-state index contributed by atoms with van der Waals surface area (Å²) in [6.07, 6.45) is 1.83. The van der Waals surface area contributed by atoms with E-state index in [-0.39, 0.29) is 18.2 Å². The first-order chi connectivity index (χ1) is 13.0. The molecule has 1 amide bonds. The van der Waals surface area contributed by atoms with Crippen LogP contribution < -0.4 is 24.8 Å². The fraction of sp³-hybridized carbons (Fsp3) is 0.211. The van der Waals surface area contributed by atoms with Crippen LogP contribution in [-0.2, 0) is 4.79 Å². The first-order valence-electron chi connectivity index (χ1n) is 8.23. The van der Waals surface area contributed by atoms with E-state index in [9.17, 15) is 4.79 Å². The summed E-state index contributed by atoms with van der Waals surface area (Å²) in [4.78, 5) is 13.0. The van der Waals surface area contributed by atoms with E-state index in [4.69, 9.17) is 14.2 Å². The van der Waals surface area contributed by atoms with Gasteiger partial charge in [-0.15, -0.1) is 0 Å². The van der Waals surface area contributed by atoms with Gasteiger partial charge < -0.3 is 24.8 Å². The molecule has 2 aromatic carbocycles. The Labute approximate surface area is 169 Å². The second kappa shape index (κ2) is 7.36. The third-order valence-electron chi connectivity index (χ3n) is 4.15. The van der Waals surface area contributed by atoms with Gasteiger partial charge in [0.15, 0.2) is 17.0 Å². The van der Waals surface area contributed by atoms with Gasteiger partial charge in [0.05, 0.1) is 17.7 Å². The first kappa shape index (κ1) is 18.1. The maximum Gasteiger partial charge on any atom is 0.260 e. The number of thioether (sulfide) groups is 1. The van der Waals surface area contributed by atoms with Crippen LogP contribution >= 0.6 is 27.7 Å². The molecule has 140 valence electrons. The Morgan fingerprint density at radius 3 is 2.85 bits per heavy atom. The zero-order chi connectivity index (χ0) is 19.0. The summed E-state index contributed by atoms with van der Waals surface area (Å²) in [6.45, 7) is 2.22. The smallest absolute Gasteiger partial charge is 0.260 e. The van der Waals surface area contributed by atoms with Crippen LogP contribution in [0.4, 0.5) is 5.69 Å². The number of anilines is 1. The average molecular weight is 449 g/mol. The minimum atomic E-state index is -0.285. The van der Waals surface area contributed by atoms with Crippen molar-refractivity contribution in [2.24, 2.45) is 0 Å². The van der Waals surface area contributed by atoms with Crippen LogP contribution in [0.2, 0.25) is 0 Å². The fourth-order valence-corrected chi connectivity index (χ4v) is 4.23. The Balaban J connectivity index is 1.55. The molecular weight excluding hydrogens is 432 g/mol. The summed E-state index contributed by atoms with van der Waals surface area (Å²) in [5.41, 5.74) is 2.51. The van der Waals surface area contributed by atoms with E-state index in [0.717, 1.165) is 27.0 Å². The number of benzene rings is 2. The van der Waals surface area contributed by atoms with E-state index in [1.165, 1.54) is 11.8 Å². The highest BCUT2D eigenvalue weighted by molar-refractivity contribution is 9.10. The van der Waals surface area contributed by atoms with Crippen molar-refractivity contribution in [3.63, 3.8) is 0 Å². The average Bonchev–Trinajstić information content (AvgIpc) is 3.21. The number of methoxy groups -OCH3 is 1. The first-order valence-corrected chi connectivity index (χ1v) is 9.90. The largest absolute Gasteiger partial charge is 0.495 e. The Kier molecular flexibility index (Phi) is 4.92. The van der Waals surface area contributed by atoms with Gasteiger partial charge in [-0.1, -0.05) is 33.8 Å². The topological polar surface area (TPSA) is 68.8 Å². The Hall–Kier alpha value is -2.32. The predicted octanol–water partition coefficient (Wildman–Crippen LogP) is 4.09. The van der Waals surface area contributed by atoms with Crippen molar-refractivity contribution in [2.45, 2.75) is 12.4 Å². The van der Waals surface area contributed by atoms with Crippen LogP contribution in [0.1, 0.15) is 11.1 Å². The second-order valence-corrected chi connectivity index (χ2v) is 8.06. The van der Waals surface area contributed by atoms with Crippen molar-refractivity contribution in [2.75, 3.05) is 19.2 Å². The molecule has 2 N–H and O–H groups in total. The normalized spacial score (nSPS) is 19.3. The molecule has 0 spiro atoms. The van der Waals surface area contributed by atoms with Gasteiger partial charge in [-0.3, -0.25) is 4.79 Å². The highest BCUT2D eigenvalue weighted by Crippen LogP contribution is 2.39. The van der Waals surface area contributed by atoms with Crippen LogP contribution in [0.15, 0.2) is 39.7 Å². The van der Waals surface area contributed by atoms with Gasteiger partial charge in [-0.25, -0.2) is 0 Å². The SMILES string of the molecule is COc1ccc(C)cc1NC1NC(=O)/C(=C/c2cc3c(cc2Br)OCO3)S1. The molecule has 0 aliphatic carbocycles. The Morgan fingerprint density at radius 1 is 1.30 bits per heavy atom. The molecule has 0 saturated carbocycles. The number of hydrogen-bond acceptors (Lipinski definition) is 6. The summed E-state index contributed by atoms with van der Waals surface area (Å²) in [6, 6.07) is 9.57.